The quantitative estimate of drug-likeness (QED) is 0.702. The van der Waals surface area contributed by atoms with Gasteiger partial charge in [-0.05, 0) is 49.4 Å². The first kappa shape index (κ1) is 17.3. The predicted molar refractivity (Wildman–Crippen MR) is 82.6 cm³/mol. The fourth-order valence-corrected chi connectivity index (χ4v) is 3.22. The maximum absolute atomic E-state index is 11.9. The molecule has 1 saturated carbocycles. The van der Waals surface area contributed by atoms with Crippen molar-refractivity contribution in [3.63, 3.8) is 0 Å². The summed E-state index contributed by atoms with van der Waals surface area (Å²) >= 11 is 0. The minimum atomic E-state index is -0.0470. The molecule has 0 unspecified atom stereocenters. The van der Waals surface area contributed by atoms with Gasteiger partial charge in [-0.25, -0.2) is 4.79 Å². The molecule has 1 rings (SSSR count). The first-order valence-corrected chi connectivity index (χ1v) is 7.97. The van der Waals surface area contributed by atoms with Crippen LogP contribution in [0.3, 0.4) is 0 Å². The number of hydrogen-bond donors (Lipinski definition) is 3. The zero-order valence-electron chi connectivity index (χ0n) is 13.5. The second kappa shape index (κ2) is 7.87. The molecular formula is C16H32N2O2. The van der Waals surface area contributed by atoms with E-state index < -0.39 is 0 Å². The molecule has 0 radical (unpaired) electrons. The summed E-state index contributed by atoms with van der Waals surface area (Å²) in [5.41, 5.74) is 0.139. The SMILES string of the molecule is CC(C)CC(C)(C)CNC(=O)NC1CCC(CO)CC1. The van der Waals surface area contributed by atoms with Gasteiger partial charge in [0.15, 0.2) is 0 Å². The van der Waals surface area contributed by atoms with E-state index in [1.165, 1.54) is 0 Å². The summed E-state index contributed by atoms with van der Waals surface area (Å²) in [6.45, 7) is 9.80. The number of carbonyl (C=O) groups excluding carboxylic acids is 1. The molecule has 3 N–H and O–H groups in total. The second-order valence-electron chi connectivity index (χ2n) is 7.49. The molecule has 0 aromatic heterocycles. The van der Waals surface area contributed by atoms with Crippen LogP contribution in [-0.2, 0) is 0 Å². The third-order valence-electron chi connectivity index (χ3n) is 4.13. The summed E-state index contributed by atoms with van der Waals surface area (Å²) in [5, 5.41) is 15.2. The Morgan fingerprint density at radius 2 is 1.85 bits per heavy atom. The first-order chi connectivity index (χ1) is 9.32. The van der Waals surface area contributed by atoms with Gasteiger partial charge < -0.3 is 15.7 Å². The molecule has 118 valence electrons. The standard InChI is InChI=1S/C16H32N2O2/c1-12(2)9-16(3,4)11-17-15(20)18-14-7-5-13(10-19)6-8-14/h12-14,19H,5-11H2,1-4H3,(H2,17,18,20). The summed E-state index contributed by atoms with van der Waals surface area (Å²) in [7, 11) is 0. The van der Waals surface area contributed by atoms with E-state index in [0.717, 1.165) is 32.1 Å². The van der Waals surface area contributed by atoms with E-state index in [9.17, 15) is 4.79 Å². The van der Waals surface area contributed by atoms with Crippen LogP contribution in [0.15, 0.2) is 0 Å². The van der Waals surface area contributed by atoms with Crippen molar-refractivity contribution in [2.45, 2.75) is 65.8 Å². The van der Waals surface area contributed by atoms with Gasteiger partial charge >= 0.3 is 6.03 Å². The maximum atomic E-state index is 11.9. The highest BCUT2D eigenvalue weighted by Crippen LogP contribution is 2.25. The van der Waals surface area contributed by atoms with Gasteiger partial charge in [-0.3, -0.25) is 0 Å². The molecular weight excluding hydrogens is 252 g/mol. The molecule has 1 fully saturated rings. The molecule has 1 aliphatic rings. The van der Waals surface area contributed by atoms with Crippen molar-refractivity contribution in [2.75, 3.05) is 13.2 Å². The van der Waals surface area contributed by atoms with E-state index >= 15 is 0 Å². The number of urea groups is 1. The fourth-order valence-electron chi connectivity index (χ4n) is 3.22. The van der Waals surface area contributed by atoms with Crippen molar-refractivity contribution < 1.29 is 9.90 Å². The van der Waals surface area contributed by atoms with Crippen molar-refractivity contribution in [1.82, 2.24) is 10.6 Å². The van der Waals surface area contributed by atoms with Crippen LogP contribution in [0.25, 0.3) is 0 Å². The third-order valence-corrected chi connectivity index (χ3v) is 4.13. The smallest absolute Gasteiger partial charge is 0.315 e. The Labute approximate surface area is 123 Å². The minimum Gasteiger partial charge on any atom is -0.396 e. The number of carbonyl (C=O) groups is 1. The van der Waals surface area contributed by atoms with Crippen molar-refractivity contribution in [3.05, 3.63) is 0 Å². The summed E-state index contributed by atoms with van der Waals surface area (Å²) in [5.74, 6) is 1.07. The van der Waals surface area contributed by atoms with Gasteiger partial charge in [-0.15, -0.1) is 0 Å². The number of rotatable bonds is 6. The Kier molecular flexibility index (Phi) is 6.80. The molecule has 4 nitrogen and oxygen atoms in total. The van der Waals surface area contributed by atoms with Gasteiger partial charge in [-0.1, -0.05) is 27.7 Å². The predicted octanol–water partition coefficient (Wildman–Crippen LogP) is 2.91. The highest BCUT2D eigenvalue weighted by molar-refractivity contribution is 5.74. The van der Waals surface area contributed by atoms with Crippen LogP contribution < -0.4 is 10.6 Å². The average molecular weight is 284 g/mol. The molecule has 4 heteroatoms. The zero-order valence-corrected chi connectivity index (χ0v) is 13.5. The lowest BCUT2D eigenvalue weighted by atomic mass is 9.84. The number of amides is 2. The van der Waals surface area contributed by atoms with Crippen LogP contribution >= 0.6 is 0 Å². The fraction of sp³-hybridized carbons (Fsp3) is 0.938. The molecule has 0 saturated heterocycles. The topological polar surface area (TPSA) is 61.4 Å². The number of aliphatic hydroxyl groups excluding tert-OH is 1. The van der Waals surface area contributed by atoms with Gasteiger partial charge in [0.2, 0.25) is 0 Å². The molecule has 0 aliphatic heterocycles. The maximum Gasteiger partial charge on any atom is 0.315 e. The molecule has 0 spiro atoms. The summed E-state index contributed by atoms with van der Waals surface area (Å²) in [6, 6.07) is 0.222. The Hall–Kier alpha value is -0.770. The van der Waals surface area contributed by atoms with Gasteiger partial charge in [0.1, 0.15) is 0 Å². The second-order valence-corrected chi connectivity index (χ2v) is 7.49. The Morgan fingerprint density at radius 3 is 2.35 bits per heavy atom. The molecule has 20 heavy (non-hydrogen) atoms. The van der Waals surface area contributed by atoms with E-state index in [-0.39, 0.29) is 24.1 Å². The highest BCUT2D eigenvalue weighted by atomic mass is 16.3. The summed E-state index contributed by atoms with van der Waals surface area (Å²) in [4.78, 5) is 11.9. The van der Waals surface area contributed by atoms with E-state index in [1.807, 2.05) is 0 Å². The molecule has 0 aromatic rings. The normalized spacial score (nSPS) is 23.7. The molecule has 0 aromatic carbocycles. The Balaban J connectivity index is 2.24. The van der Waals surface area contributed by atoms with E-state index in [2.05, 4.69) is 38.3 Å². The van der Waals surface area contributed by atoms with E-state index in [0.29, 0.717) is 18.4 Å². The lowest BCUT2D eigenvalue weighted by Crippen LogP contribution is -2.46. The van der Waals surface area contributed by atoms with Crippen LogP contribution in [0, 0.1) is 17.3 Å². The average Bonchev–Trinajstić information content (AvgIpc) is 2.36. The summed E-state index contributed by atoms with van der Waals surface area (Å²) < 4.78 is 0. The Bertz CT molecular complexity index is 295. The van der Waals surface area contributed by atoms with Crippen LogP contribution in [0.4, 0.5) is 4.79 Å². The number of aliphatic hydroxyl groups is 1. The molecule has 0 bridgehead atoms. The Morgan fingerprint density at radius 1 is 1.25 bits per heavy atom. The number of nitrogens with one attached hydrogen (secondary N) is 2. The highest BCUT2D eigenvalue weighted by Gasteiger charge is 2.23. The van der Waals surface area contributed by atoms with Crippen LogP contribution in [0.1, 0.15) is 59.8 Å². The zero-order chi connectivity index (χ0) is 15.2. The van der Waals surface area contributed by atoms with E-state index in [4.69, 9.17) is 5.11 Å². The third kappa shape index (κ3) is 6.60. The van der Waals surface area contributed by atoms with Gasteiger partial charge in [0, 0.05) is 19.2 Å². The van der Waals surface area contributed by atoms with Crippen molar-refractivity contribution in [2.24, 2.45) is 17.3 Å². The van der Waals surface area contributed by atoms with E-state index in [1.54, 1.807) is 0 Å². The number of hydrogen-bond acceptors (Lipinski definition) is 2. The van der Waals surface area contributed by atoms with Crippen LogP contribution in [0.2, 0.25) is 0 Å². The van der Waals surface area contributed by atoms with Gasteiger partial charge in [0.25, 0.3) is 0 Å². The summed E-state index contributed by atoms with van der Waals surface area (Å²) in [6.07, 6.45) is 5.09. The molecule has 0 atom stereocenters. The van der Waals surface area contributed by atoms with Gasteiger partial charge in [0.05, 0.1) is 0 Å². The minimum absolute atomic E-state index is 0.0470. The van der Waals surface area contributed by atoms with Crippen molar-refractivity contribution in [3.8, 4) is 0 Å². The van der Waals surface area contributed by atoms with Crippen LogP contribution in [-0.4, -0.2) is 30.3 Å². The van der Waals surface area contributed by atoms with Crippen molar-refractivity contribution in [1.29, 1.82) is 0 Å². The first-order valence-electron chi connectivity index (χ1n) is 7.97. The molecule has 0 heterocycles. The lowest BCUT2D eigenvalue weighted by Gasteiger charge is -2.30. The van der Waals surface area contributed by atoms with Gasteiger partial charge in [-0.2, -0.15) is 0 Å². The monoisotopic (exact) mass is 284 g/mol. The van der Waals surface area contributed by atoms with Crippen LogP contribution in [0.5, 0.6) is 0 Å². The largest absolute Gasteiger partial charge is 0.396 e. The molecule has 1 aliphatic carbocycles. The molecule has 2 amide bonds. The lowest BCUT2D eigenvalue weighted by molar-refractivity contribution is 0.173. The van der Waals surface area contributed by atoms with Crippen molar-refractivity contribution >= 4 is 6.03 Å².